The van der Waals surface area contributed by atoms with Crippen molar-refractivity contribution >= 4 is 50.1 Å². The van der Waals surface area contributed by atoms with Gasteiger partial charge in [-0.15, -0.1) is 0 Å². The van der Waals surface area contributed by atoms with Crippen molar-refractivity contribution in [1.29, 1.82) is 0 Å². The van der Waals surface area contributed by atoms with Crippen molar-refractivity contribution in [3.05, 3.63) is 61.1 Å². The van der Waals surface area contributed by atoms with Gasteiger partial charge < -0.3 is 4.74 Å². The van der Waals surface area contributed by atoms with Gasteiger partial charge in [0.1, 0.15) is 12.4 Å². The Bertz CT molecular complexity index is 513. The van der Waals surface area contributed by atoms with Gasteiger partial charge >= 0.3 is 0 Å². The lowest BCUT2D eigenvalue weighted by atomic mass is 10.2. The molecule has 0 bridgehead atoms. The summed E-state index contributed by atoms with van der Waals surface area (Å²) >= 11 is 11.7. The first-order chi connectivity index (χ1) is 8.15. The van der Waals surface area contributed by atoms with E-state index in [2.05, 4.69) is 50.7 Å². The third kappa shape index (κ3) is 3.86. The quantitative estimate of drug-likeness (QED) is 0.610. The predicted molar refractivity (Wildman–Crippen MR) is 82.6 cm³/mol. The van der Waals surface area contributed by atoms with Crippen molar-refractivity contribution in [2.75, 3.05) is 0 Å². The molecule has 0 spiro atoms. The van der Waals surface area contributed by atoms with Gasteiger partial charge in [0.15, 0.2) is 0 Å². The predicted octanol–water partition coefficient (Wildman–Crippen LogP) is 5.29. The second-order valence-corrected chi connectivity index (χ2v) is 6.06. The van der Waals surface area contributed by atoms with Crippen LogP contribution in [0.25, 0.3) is 0 Å². The Morgan fingerprint density at radius 3 is 2.53 bits per heavy atom. The molecule has 0 aliphatic rings. The molecule has 0 unspecified atom stereocenters. The summed E-state index contributed by atoms with van der Waals surface area (Å²) in [4.78, 5) is 0. The van der Waals surface area contributed by atoms with E-state index in [1.54, 1.807) is 0 Å². The minimum atomic E-state index is 0.521. The summed E-state index contributed by atoms with van der Waals surface area (Å²) in [5.74, 6) is 0.694. The van der Waals surface area contributed by atoms with E-state index in [1.165, 1.54) is 3.57 Å². The summed E-state index contributed by atoms with van der Waals surface area (Å²) in [7, 11) is 0. The monoisotopic (exact) mass is 422 g/mol. The minimum Gasteiger partial charge on any atom is -0.487 e. The van der Waals surface area contributed by atoms with Gasteiger partial charge in [0.2, 0.25) is 0 Å². The van der Waals surface area contributed by atoms with Crippen LogP contribution in [0.1, 0.15) is 5.56 Å². The molecule has 0 atom stereocenters. The van der Waals surface area contributed by atoms with Crippen LogP contribution < -0.4 is 4.74 Å². The van der Waals surface area contributed by atoms with Crippen LogP contribution in [0.4, 0.5) is 0 Å². The molecule has 1 nitrogen and oxygen atoms in total. The zero-order valence-corrected chi connectivity index (χ0v) is 13.3. The molecule has 17 heavy (non-hydrogen) atoms. The summed E-state index contributed by atoms with van der Waals surface area (Å²) in [5, 5.41) is 0.624. The van der Waals surface area contributed by atoms with Gasteiger partial charge in [0.25, 0.3) is 0 Å². The fourth-order valence-corrected chi connectivity index (χ4v) is 2.20. The van der Waals surface area contributed by atoms with Crippen LogP contribution in [-0.2, 0) is 6.61 Å². The van der Waals surface area contributed by atoms with E-state index in [0.29, 0.717) is 17.4 Å². The number of ether oxygens (including phenoxy) is 1. The normalized spacial score (nSPS) is 10.3. The zero-order chi connectivity index (χ0) is 12.3. The molecule has 0 radical (unpaired) electrons. The van der Waals surface area contributed by atoms with Crippen molar-refractivity contribution in [3.8, 4) is 5.75 Å². The lowest BCUT2D eigenvalue weighted by Crippen LogP contribution is -1.95. The van der Waals surface area contributed by atoms with E-state index >= 15 is 0 Å². The molecule has 0 aromatic heterocycles. The first-order valence-electron chi connectivity index (χ1n) is 4.97. The Kier molecular flexibility index (Phi) is 4.70. The molecular formula is C13H9BrClIO. The molecular weight excluding hydrogens is 414 g/mol. The highest BCUT2D eigenvalue weighted by molar-refractivity contribution is 14.1. The maximum Gasteiger partial charge on any atom is 0.139 e. The maximum absolute atomic E-state index is 6.04. The molecule has 0 amide bonds. The number of hydrogen-bond donors (Lipinski definition) is 0. The first-order valence-corrected chi connectivity index (χ1v) is 7.22. The Morgan fingerprint density at radius 1 is 1.12 bits per heavy atom. The average molecular weight is 423 g/mol. The van der Waals surface area contributed by atoms with E-state index in [9.17, 15) is 0 Å². The molecule has 0 N–H and O–H groups in total. The molecule has 0 fully saturated rings. The highest BCUT2D eigenvalue weighted by Crippen LogP contribution is 2.28. The molecule has 4 heteroatoms. The van der Waals surface area contributed by atoms with Crippen LogP contribution in [0.3, 0.4) is 0 Å². The third-order valence-corrected chi connectivity index (χ3v) is 3.73. The smallest absolute Gasteiger partial charge is 0.139 e. The van der Waals surface area contributed by atoms with Crippen molar-refractivity contribution in [3.63, 3.8) is 0 Å². The molecule has 2 aromatic rings. The largest absolute Gasteiger partial charge is 0.487 e. The van der Waals surface area contributed by atoms with E-state index in [0.717, 1.165) is 10.0 Å². The fourth-order valence-electron chi connectivity index (χ4n) is 1.33. The van der Waals surface area contributed by atoms with E-state index in [1.807, 2.05) is 30.3 Å². The van der Waals surface area contributed by atoms with Crippen LogP contribution in [0.2, 0.25) is 5.02 Å². The second-order valence-electron chi connectivity index (χ2n) is 3.49. The standard InChI is InChI=1S/C13H9BrClIO/c14-10-3-6-12(15)13(7-10)17-8-9-1-4-11(16)5-2-9/h1-7H,8H2. The first kappa shape index (κ1) is 13.2. The van der Waals surface area contributed by atoms with Crippen LogP contribution in [0, 0.1) is 3.57 Å². The van der Waals surface area contributed by atoms with Gasteiger partial charge in [-0.2, -0.15) is 0 Å². The van der Waals surface area contributed by atoms with Crippen molar-refractivity contribution in [1.82, 2.24) is 0 Å². The van der Waals surface area contributed by atoms with Gasteiger partial charge in [-0.25, -0.2) is 0 Å². The Morgan fingerprint density at radius 2 is 1.82 bits per heavy atom. The summed E-state index contributed by atoms with van der Waals surface area (Å²) in [5.41, 5.74) is 1.13. The van der Waals surface area contributed by atoms with Gasteiger partial charge in [0, 0.05) is 8.04 Å². The van der Waals surface area contributed by atoms with Crippen LogP contribution in [-0.4, -0.2) is 0 Å². The summed E-state index contributed by atoms with van der Waals surface area (Å²) in [6, 6.07) is 13.8. The van der Waals surface area contributed by atoms with Crippen molar-refractivity contribution in [2.45, 2.75) is 6.61 Å². The molecule has 0 heterocycles. The number of rotatable bonds is 3. The number of benzene rings is 2. The lowest BCUT2D eigenvalue weighted by Gasteiger charge is -2.08. The summed E-state index contributed by atoms with van der Waals surface area (Å²) in [6.07, 6.45) is 0. The zero-order valence-electron chi connectivity index (χ0n) is 8.79. The molecule has 0 saturated carbocycles. The van der Waals surface area contributed by atoms with Crippen molar-refractivity contribution in [2.24, 2.45) is 0 Å². The highest BCUT2D eigenvalue weighted by atomic mass is 127. The molecule has 0 aliphatic carbocycles. The van der Waals surface area contributed by atoms with Gasteiger partial charge in [0.05, 0.1) is 5.02 Å². The summed E-state index contributed by atoms with van der Waals surface area (Å²) in [6.45, 7) is 0.521. The maximum atomic E-state index is 6.04. The van der Waals surface area contributed by atoms with E-state index in [-0.39, 0.29) is 0 Å². The Labute approximate surface area is 127 Å². The van der Waals surface area contributed by atoms with E-state index < -0.39 is 0 Å². The molecule has 2 aromatic carbocycles. The van der Waals surface area contributed by atoms with Crippen LogP contribution >= 0.6 is 50.1 Å². The third-order valence-electron chi connectivity index (χ3n) is 2.20. The van der Waals surface area contributed by atoms with E-state index in [4.69, 9.17) is 16.3 Å². The molecule has 0 aliphatic heterocycles. The Balaban J connectivity index is 2.07. The molecule has 0 saturated heterocycles. The topological polar surface area (TPSA) is 9.23 Å². The van der Waals surface area contributed by atoms with Crippen LogP contribution in [0.5, 0.6) is 5.75 Å². The second kappa shape index (κ2) is 6.07. The average Bonchev–Trinajstić information content (AvgIpc) is 2.32. The number of halogens is 3. The fraction of sp³-hybridized carbons (Fsp3) is 0.0769. The van der Waals surface area contributed by atoms with Gasteiger partial charge in [-0.1, -0.05) is 39.7 Å². The van der Waals surface area contributed by atoms with Crippen LogP contribution in [0.15, 0.2) is 46.9 Å². The molecule has 88 valence electrons. The highest BCUT2D eigenvalue weighted by Gasteiger charge is 2.02. The lowest BCUT2D eigenvalue weighted by molar-refractivity contribution is 0.306. The number of hydrogen-bond acceptors (Lipinski definition) is 1. The van der Waals surface area contributed by atoms with Crippen molar-refractivity contribution < 1.29 is 4.74 Å². The minimum absolute atomic E-state index is 0.521. The Hall–Kier alpha value is -0.260. The molecule has 2 rings (SSSR count). The van der Waals surface area contributed by atoms with Gasteiger partial charge in [-0.05, 0) is 58.5 Å². The SMILES string of the molecule is Clc1ccc(Br)cc1OCc1ccc(I)cc1. The summed E-state index contributed by atoms with van der Waals surface area (Å²) < 4.78 is 7.85. The van der Waals surface area contributed by atoms with Gasteiger partial charge in [-0.3, -0.25) is 0 Å².